The van der Waals surface area contributed by atoms with Crippen molar-refractivity contribution in [2.75, 3.05) is 13.7 Å². The second-order valence-corrected chi connectivity index (χ2v) is 12.6. The number of methoxy groups -OCH3 is 1. The number of benzene rings is 2. The molecule has 1 aliphatic carbocycles. The molecule has 44 heavy (non-hydrogen) atoms. The first-order valence-electron chi connectivity index (χ1n) is 14.8. The molecule has 5 rings (SSSR count). The van der Waals surface area contributed by atoms with E-state index < -0.39 is 41.0 Å². The van der Waals surface area contributed by atoms with Crippen molar-refractivity contribution in [3.05, 3.63) is 67.3 Å². The number of aromatic nitrogens is 1. The Kier molecular flexibility index (Phi) is 8.44. The van der Waals surface area contributed by atoms with E-state index >= 15 is 0 Å². The second-order valence-electron chi connectivity index (χ2n) is 12.6. The van der Waals surface area contributed by atoms with E-state index in [4.69, 9.17) is 14.5 Å². The van der Waals surface area contributed by atoms with E-state index in [-0.39, 0.29) is 31.2 Å². The summed E-state index contributed by atoms with van der Waals surface area (Å²) in [6.07, 6.45) is 1.45. The number of ether oxygens (including phenoxy) is 2. The fraction of sp³-hybridized carbons (Fsp3) is 0.394. The predicted molar refractivity (Wildman–Crippen MR) is 170 cm³/mol. The summed E-state index contributed by atoms with van der Waals surface area (Å²) in [5.74, 6) is -1.05. The van der Waals surface area contributed by atoms with E-state index in [1.165, 1.54) is 4.90 Å². The number of carboxylic acids is 1. The van der Waals surface area contributed by atoms with Crippen LogP contribution in [0.15, 0.2) is 67.3 Å². The van der Waals surface area contributed by atoms with Gasteiger partial charge in [-0.3, -0.25) is 9.59 Å². The number of pyridine rings is 1. The van der Waals surface area contributed by atoms with Gasteiger partial charge in [0.1, 0.15) is 29.2 Å². The molecule has 1 aromatic heterocycles. The van der Waals surface area contributed by atoms with Gasteiger partial charge in [-0.25, -0.2) is 9.78 Å². The zero-order valence-electron chi connectivity index (χ0n) is 25.8. The van der Waals surface area contributed by atoms with E-state index in [2.05, 4.69) is 17.1 Å². The molecule has 1 saturated heterocycles. The molecule has 2 aliphatic rings. The number of carboxylic acid groups (broad SMARTS) is 1. The lowest BCUT2D eigenvalue weighted by Gasteiger charge is -2.35. The highest BCUT2D eigenvalue weighted by Gasteiger charge is 2.61. The number of rotatable bonds is 10. The van der Waals surface area contributed by atoms with Crippen molar-refractivity contribution in [1.82, 2.24) is 20.4 Å². The Morgan fingerprint density at radius 2 is 1.91 bits per heavy atom. The van der Waals surface area contributed by atoms with E-state index in [1.54, 1.807) is 21.2 Å². The first kappa shape index (κ1) is 31.1. The zero-order chi connectivity index (χ0) is 31.8. The Morgan fingerprint density at radius 1 is 1.18 bits per heavy atom. The standard InChI is InChI=1S/C33H39BN4O6/c1-6-20-17-33(20,31(41)42)36-29(39)26-15-22(18-38(26)30(40)28(37-34)32(2,3)4)44-27-16-24(19-10-8-7-9-11-19)35-25-14-21(43-5)12-13-23(25)27/h6-14,16,20,22,26,28,37H,1,15,17-18,34H2,2-5H3,(H,36,39)(H,41,42)/t20-,22+,26-,28?,33+/m0/s1. The van der Waals surface area contributed by atoms with Gasteiger partial charge in [0.25, 0.3) is 0 Å². The number of hydrogen-bond donors (Lipinski definition) is 3. The molecule has 0 bridgehead atoms. The molecule has 0 radical (unpaired) electrons. The number of hydrogen-bond acceptors (Lipinski definition) is 7. The Labute approximate surface area is 258 Å². The Morgan fingerprint density at radius 3 is 2.50 bits per heavy atom. The summed E-state index contributed by atoms with van der Waals surface area (Å²) in [7, 11) is 3.31. The molecule has 1 aliphatic heterocycles. The molecule has 10 nitrogen and oxygen atoms in total. The molecule has 5 atom stereocenters. The summed E-state index contributed by atoms with van der Waals surface area (Å²) in [6, 6.07) is 15.7. The number of carbonyl (C=O) groups is 3. The molecule has 2 fully saturated rings. The van der Waals surface area contributed by atoms with Crippen LogP contribution in [0.25, 0.3) is 22.2 Å². The minimum absolute atomic E-state index is 0.150. The van der Waals surface area contributed by atoms with Crippen molar-refractivity contribution in [2.24, 2.45) is 11.3 Å². The normalized spacial score (nSPS) is 23.5. The van der Waals surface area contributed by atoms with Gasteiger partial charge in [-0.05, 0) is 24.0 Å². The van der Waals surface area contributed by atoms with Crippen molar-refractivity contribution in [3.63, 3.8) is 0 Å². The van der Waals surface area contributed by atoms with Gasteiger partial charge in [-0.1, -0.05) is 57.2 Å². The van der Waals surface area contributed by atoms with Crippen molar-refractivity contribution in [3.8, 4) is 22.8 Å². The zero-order valence-corrected chi connectivity index (χ0v) is 25.8. The highest BCUT2D eigenvalue weighted by molar-refractivity contribution is 6.07. The molecule has 2 heterocycles. The maximum absolute atomic E-state index is 14.0. The topological polar surface area (TPSA) is 130 Å². The molecule has 11 heteroatoms. The van der Waals surface area contributed by atoms with Crippen molar-refractivity contribution >= 4 is 36.7 Å². The third kappa shape index (κ3) is 5.88. The van der Waals surface area contributed by atoms with Crippen molar-refractivity contribution in [2.45, 2.75) is 57.3 Å². The minimum Gasteiger partial charge on any atom is -0.497 e. The second kappa shape index (κ2) is 12.0. The highest BCUT2D eigenvalue weighted by Crippen LogP contribution is 2.45. The number of likely N-dealkylation sites (tertiary alicyclic amines) is 1. The van der Waals surface area contributed by atoms with Gasteiger partial charge < -0.3 is 30.0 Å². The SMILES string of the molecule is BNC(C(=O)N1C[C@H](Oc2cc(-c3ccccc3)nc3cc(OC)ccc23)C[C@H]1C(=O)N[C@]1(C(=O)O)C[C@@H]1C=C)C(C)(C)C. The third-order valence-electron chi connectivity index (χ3n) is 8.62. The maximum atomic E-state index is 14.0. The van der Waals surface area contributed by atoms with Gasteiger partial charge in [0.05, 0.1) is 30.9 Å². The summed E-state index contributed by atoms with van der Waals surface area (Å²) in [6.45, 7) is 9.71. The molecule has 0 spiro atoms. The molecule has 1 unspecified atom stereocenters. The summed E-state index contributed by atoms with van der Waals surface area (Å²) in [5, 5.41) is 16.5. The smallest absolute Gasteiger partial charge is 0.330 e. The van der Waals surface area contributed by atoms with Crippen molar-refractivity contribution < 1.29 is 29.0 Å². The number of nitrogens with one attached hydrogen (secondary N) is 2. The molecule has 3 N–H and O–H groups in total. The summed E-state index contributed by atoms with van der Waals surface area (Å²) in [4.78, 5) is 46.2. The first-order valence-corrected chi connectivity index (χ1v) is 14.8. The minimum atomic E-state index is -1.41. The van der Waals surface area contributed by atoms with Crippen LogP contribution < -0.4 is 20.0 Å². The van der Waals surface area contributed by atoms with Gasteiger partial charge in [-0.2, -0.15) is 0 Å². The van der Waals surface area contributed by atoms with Crippen LogP contribution in [0.3, 0.4) is 0 Å². The average Bonchev–Trinajstić information content (AvgIpc) is 3.56. The van der Waals surface area contributed by atoms with Crippen LogP contribution in [0.2, 0.25) is 0 Å². The molecule has 3 aromatic rings. The molecule has 2 aromatic carbocycles. The average molecular weight is 599 g/mol. The van der Waals surface area contributed by atoms with Crippen LogP contribution >= 0.6 is 0 Å². The Balaban J connectivity index is 1.50. The van der Waals surface area contributed by atoms with Crippen LogP contribution in [0.5, 0.6) is 11.5 Å². The number of nitrogens with zero attached hydrogens (tertiary/aromatic N) is 2. The quantitative estimate of drug-likeness (QED) is 0.240. The summed E-state index contributed by atoms with van der Waals surface area (Å²) in [5.41, 5.74) is 0.436. The Hall–Kier alpha value is -4.38. The fourth-order valence-electron chi connectivity index (χ4n) is 6.12. The van der Waals surface area contributed by atoms with Gasteiger partial charge in [0.15, 0.2) is 7.98 Å². The number of amides is 2. The van der Waals surface area contributed by atoms with Gasteiger partial charge >= 0.3 is 5.97 Å². The van der Waals surface area contributed by atoms with E-state index in [9.17, 15) is 19.5 Å². The van der Waals surface area contributed by atoms with Gasteiger partial charge in [0.2, 0.25) is 11.8 Å². The third-order valence-corrected chi connectivity index (χ3v) is 8.62. The molecular weight excluding hydrogens is 559 g/mol. The number of fused-ring (bicyclic) bond motifs is 1. The van der Waals surface area contributed by atoms with Crippen LogP contribution in [-0.4, -0.2) is 78.1 Å². The van der Waals surface area contributed by atoms with Crippen LogP contribution in [0, 0.1) is 11.3 Å². The van der Waals surface area contributed by atoms with Gasteiger partial charge in [0, 0.05) is 35.4 Å². The molecular formula is C33H39BN4O6. The largest absolute Gasteiger partial charge is 0.497 e. The van der Waals surface area contributed by atoms with Crippen LogP contribution in [0.1, 0.15) is 33.6 Å². The van der Waals surface area contributed by atoms with Crippen LogP contribution in [-0.2, 0) is 14.4 Å². The van der Waals surface area contributed by atoms with Crippen molar-refractivity contribution in [1.29, 1.82) is 0 Å². The lowest BCUT2D eigenvalue weighted by Crippen LogP contribution is -2.58. The number of aliphatic carboxylic acids is 1. The lowest BCUT2D eigenvalue weighted by atomic mass is 9.84. The number of carbonyl (C=O) groups excluding carboxylic acids is 2. The fourth-order valence-corrected chi connectivity index (χ4v) is 6.12. The first-order chi connectivity index (χ1) is 20.9. The summed E-state index contributed by atoms with van der Waals surface area (Å²) < 4.78 is 12.0. The monoisotopic (exact) mass is 598 g/mol. The molecule has 2 amide bonds. The molecule has 230 valence electrons. The van der Waals surface area contributed by atoms with E-state index in [1.807, 2.05) is 75.4 Å². The maximum Gasteiger partial charge on any atom is 0.330 e. The summed E-state index contributed by atoms with van der Waals surface area (Å²) >= 11 is 0. The Bertz CT molecular complexity index is 1590. The van der Waals surface area contributed by atoms with Gasteiger partial charge in [-0.15, -0.1) is 6.58 Å². The van der Waals surface area contributed by atoms with E-state index in [0.717, 1.165) is 10.9 Å². The highest BCUT2D eigenvalue weighted by atomic mass is 16.5. The predicted octanol–water partition coefficient (Wildman–Crippen LogP) is 2.96. The molecule has 1 saturated carbocycles. The lowest BCUT2D eigenvalue weighted by molar-refractivity contribution is -0.146. The van der Waals surface area contributed by atoms with Crippen LogP contribution in [0.4, 0.5) is 0 Å². The van der Waals surface area contributed by atoms with E-state index in [0.29, 0.717) is 22.7 Å².